The van der Waals surface area contributed by atoms with Crippen LogP contribution < -0.4 is 15.5 Å². The van der Waals surface area contributed by atoms with E-state index in [2.05, 4.69) is 108 Å². The molecule has 0 saturated heterocycles. The number of anilines is 2. The molecule has 0 heterocycles. The second kappa shape index (κ2) is 11.0. The van der Waals surface area contributed by atoms with Gasteiger partial charge in [0.05, 0.1) is 0 Å². The van der Waals surface area contributed by atoms with Crippen molar-refractivity contribution >= 4 is 30.6 Å². The predicted octanol–water partition coefficient (Wildman–Crippen LogP) is 6.95. The summed E-state index contributed by atoms with van der Waals surface area (Å²) in [6, 6.07) is 46.1. The van der Waals surface area contributed by atoms with Crippen LogP contribution in [-0.4, -0.2) is 5.11 Å². The van der Waals surface area contributed by atoms with E-state index in [1.54, 1.807) is 0 Å². The Balaban J connectivity index is 1.44. The van der Waals surface area contributed by atoms with Crippen molar-refractivity contribution in [2.24, 2.45) is 0 Å². The smallest absolute Gasteiger partial charge is 0.123 e. The van der Waals surface area contributed by atoms with E-state index in [0.29, 0.717) is 14.3 Å². The number of aromatic hydroxyl groups is 1. The summed E-state index contributed by atoms with van der Waals surface area (Å²) in [5.74, 6) is 0.359. The number of nitrogens with zero attached hydrogens (tertiary/aromatic N) is 1. The SMILES string of the molecule is Oc1ccc(Cc2ccccc2)cc1Pc1ccccc1CN(c1ccccc1)c1ccccc1. The van der Waals surface area contributed by atoms with Gasteiger partial charge in [0.2, 0.25) is 0 Å². The molecule has 0 aromatic heterocycles. The van der Waals surface area contributed by atoms with Gasteiger partial charge in [-0.15, -0.1) is 0 Å². The van der Waals surface area contributed by atoms with E-state index < -0.39 is 0 Å². The van der Waals surface area contributed by atoms with Crippen LogP contribution in [0.2, 0.25) is 0 Å². The van der Waals surface area contributed by atoms with Gasteiger partial charge in [0.15, 0.2) is 0 Å². The van der Waals surface area contributed by atoms with Gasteiger partial charge in [0.1, 0.15) is 5.75 Å². The molecule has 0 saturated carbocycles. The van der Waals surface area contributed by atoms with Gasteiger partial charge in [-0.3, -0.25) is 0 Å². The molecule has 0 radical (unpaired) electrons. The third-order valence-corrected chi connectivity index (χ3v) is 7.49. The van der Waals surface area contributed by atoms with Crippen LogP contribution in [-0.2, 0) is 13.0 Å². The minimum atomic E-state index is 0.359. The standard InChI is InChI=1S/C32H28NOP/c34-30-21-20-26(22-25-12-4-1-5-13-25)23-32(30)35-31-19-11-10-14-27(31)24-33(28-15-6-2-7-16-28)29-17-8-3-9-18-29/h1-21,23,34-35H,22,24H2. The summed E-state index contributed by atoms with van der Waals surface area (Å²) in [7, 11) is 0.370. The van der Waals surface area contributed by atoms with Crippen molar-refractivity contribution in [2.75, 3.05) is 4.90 Å². The third kappa shape index (κ3) is 5.80. The van der Waals surface area contributed by atoms with Gasteiger partial charge in [-0.05, 0) is 64.8 Å². The van der Waals surface area contributed by atoms with E-state index >= 15 is 0 Å². The number of rotatable bonds is 8. The first-order valence-corrected chi connectivity index (χ1v) is 12.8. The number of benzene rings is 5. The van der Waals surface area contributed by atoms with E-state index in [0.717, 1.165) is 29.6 Å². The highest BCUT2D eigenvalue weighted by atomic mass is 31.1. The molecule has 0 fully saturated rings. The first-order valence-electron chi connectivity index (χ1n) is 11.8. The number of para-hydroxylation sites is 2. The topological polar surface area (TPSA) is 23.5 Å². The Morgan fingerprint density at radius 3 is 1.77 bits per heavy atom. The molecule has 3 heteroatoms. The first kappa shape index (κ1) is 22.9. The molecule has 35 heavy (non-hydrogen) atoms. The van der Waals surface area contributed by atoms with E-state index in [1.807, 2.05) is 30.3 Å². The summed E-state index contributed by atoms with van der Waals surface area (Å²) in [5.41, 5.74) is 6.05. The molecule has 5 aromatic carbocycles. The fraction of sp³-hybridized carbons (Fsp3) is 0.0625. The van der Waals surface area contributed by atoms with Gasteiger partial charge in [-0.2, -0.15) is 0 Å². The maximum Gasteiger partial charge on any atom is 0.123 e. The molecule has 0 aliphatic heterocycles. The monoisotopic (exact) mass is 473 g/mol. The van der Waals surface area contributed by atoms with Crippen molar-refractivity contribution in [3.63, 3.8) is 0 Å². The summed E-state index contributed by atoms with van der Waals surface area (Å²) in [4.78, 5) is 2.34. The van der Waals surface area contributed by atoms with Crippen LogP contribution >= 0.6 is 8.58 Å². The molecule has 1 atom stereocenters. The lowest BCUT2D eigenvalue weighted by Crippen LogP contribution is -2.21. The highest BCUT2D eigenvalue weighted by Gasteiger charge is 2.14. The van der Waals surface area contributed by atoms with Crippen molar-refractivity contribution in [1.82, 2.24) is 0 Å². The second-order valence-electron chi connectivity index (χ2n) is 8.55. The van der Waals surface area contributed by atoms with Crippen molar-refractivity contribution in [2.45, 2.75) is 13.0 Å². The zero-order chi connectivity index (χ0) is 23.9. The maximum absolute atomic E-state index is 10.7. The largest absolute Gasteiger partial charge is 0.507 e. The molecule has 0 amide bonds. The average molecular weight is 474 g/mol. The fourth-order valence-electron chi connectivity index (χ4n) is 4.27. The molecule has 2 nitrogen and oxygen atoms in total. The highest BCUT2D eigenvalue weighted by molar-refractivity contribution is 7.55. The Kier molecular flexibility index (Phi) is 7.22. The Bertz CT molecular complexity index is 1330. The molecule has 0 aliphatic carbocycles. The van der Waals surface area contributed by atoms with Gasteiger partial charge < -0.3 is 10.0 Å². The van der Waals surface area contributed by atoms with Crippen LogP contribution in [0.5, 0.6) is 5.75 Å². The molecule has 0 aliphatic rings. The Morgan fingerprint density at radius 1 is 0.543 bits per heavy atom. The highest BCUT2D eigenvalue weighted by Crippen LogP contribution is 2.29. The second-order valence-corrected chi connectivity index (χ2v) is 9.88. The van der Waals surface area contributed by atoms with Crippen LogP contribution in [0.25, 0.3) is 0 Å². The number of phenolic OH excluding ortho intramolecular Hbond substituents is 1. The quantitative estimate of drug-likeness (QED) is 0.247. The van der Waals surface area contributed by atoms with E-state index in [1.165, 1.54) is 22.0 Å². The lowest BCUT2D eigenvalue weighted by atomic mass is 10.1. The number of hydrogen-bond acceptors (Lipinski definition) is 2. The minimum absolute atomic E-state index is 0.359. The molecule has 1 N–H and O–H groups in total. The number of hydrogen-bond donors (Lipinski definition) is 1. The van der Waals surface area contributed by atoms with E-state index in [9.17, 15) is 5.11 Å². The Labute approximate surface area is 209 Å². The van der Waals surface area contributed by atoms with Crippen molar-refractivity contribution in [3.05, 3.63) is 150 Å². The molecule has 5 rings (SSSR count). The van der Waals surface area contributed by atoms with Crippen LogP contribution in [0.3, 0.4) is 0 Å². The van der Waals surface area contributed by atoms with E-state index in [4.69, 9.17) is 0 Å². The Morgan fingerprint density at radius 2 is 1.11 bits per heavy atom. The molecule has 0 bridgehead atoms. The van der Waals surface area contributed by atoms with Crippen LogP contribution in [0, 0.1) is 0 Å². The van der Waals surface area contributed by atoms with Gasteiger partial charge in [0, 0.05) is 23.2 Å². The summed E-state index contributed by atoms with van der Waals surface area (Å²) < 4.78 is 0. The van der Waals surface area contributed by atoms with Crippen LogP contribution in [0.4, 0.5) is 11.4 Å². The third-order valence-electron chi connectivity index (χ3n) is 6.06. The van der Waals surface area contributed by atoms with Gasteiger partial charge in [-0.25, -0.2) is 0 Å². The number of phenols is 1. The molecular formula is C32H28NOP. The minimum Gasteiger partial charge on any atom is -0.507 e. The maximum atomic E-state index is 10.7. The summed E-state index contributed by atoms with van der Waals surface area (Å²) in [5, 5.41) is 12.9. The normalized spacial score (nSPS) is 11.1. The average Bonchev–Trinajstić information content (AvgIpc) is 2.91. The van der Waals surface area contributed by atoms with Crippen molar-refractivity contribution in [1.29, 1.82) is 0 Å². The zero-order valence-electron chi connectivity index (χ0n) is 19.5. The summed E-state index contributed by atoms with van der Waals surface area (Å²) in [6.45, 7) is 0.752. The molecule has 172 valence electrons. The van der Waals surface area contributed by atoms with Crippen LogP contribution in [0.1, 0.15) is 16.7 Å². The first-order chi connectivity index (χ1) is 17.3. The molecule has 0 spiro atoms. The molecular weight excluding hydrogens is 445 g/mol. The summed E-state index contributed by atoms with van der Waals surface area (Å²) in [6.07, 6.45) is 0.857. The van der Waals surface area contributed by atoms with Crippen LogP contribution in [0.15, 0.2) is 133 Å². The van der Waals surface area contributed by atoms with E-state index in [-0.39, 0.29) is 0 Å². The lowest BCUT2D eigenvalue weighted by Gasteiger charge is -2.26. The predicted molar refractivity (Wildman–Crippen MR) is 150 cm³/mol. The molecule has 5 aromatic rings. The molecule has 1 unspecified atom stereocenters. The summed E-state index contributed by atoms with van der Waals surface area (Å²) >= 11 is 0. The van der Waals surface area contributed by atoms with Gasteiger partial charge in [0.25, 0.3) is 0 Å². The Hall–Kier alpha value is -3.87. The van der Waals surface area contributed by atoms with Gasteiger partial charge >= 0.3 is 0 Å². The van der Waals surface area contributed by atoms with Gasteiger partial charge in [-0.1, -0.05) is 106 Å². The fourth-order valence-corrected chi connectivity index (χ4v) is 5.53. The lowest BCUT2D eigenvalue weighted by molar-refractivity contribution is 0.479. The zero-order valence-corrected chi connectivity index (χ0v) is 20.5. The van der Waals surface area contributed by atoms with Crippen molar-refractivity contribution < 1.29 is 5.11 Å². The van der Waals surface area contributed by atoms with Crippen molar-refractivity contribution in [3.8, 4) is 5.75 Å².